The third kappa shape index (κ3) is 4.39. The Morgan fingerprint density at radius 3 is 2.64 bits per heavy atom. The Bertz CT molecular complexity index is 881. The van der Waals surface area contributed by atoms with Gasteiger partial charge in [-0.25, -0.2) is 9.37 Å². The van der Waals surface area contributed by atoms with Crippen molar-refractivity contribution in [2.24, 2.45) is 11.5 Å². The number of rotatable bonds is 8. The molecule has 28 heavy (non-hydrogen) atoms. The fraction of sp³-hybridized carbons (Fsp3) is 0.450. The van der Waals surface area contributed by atoms with Gasteiger partial charge in [0, 0.05) is 17.8 Å². The molecule has 1 aliphatic rings. The molecule has 2 atom stereocenters. The zero-order chi connectivity index (χ0) is 20.4. The number of halogens is 1. The van der Waals surface area contributed by atoms with E-state index in [0.717, 1.165) is 24.6 Å². The summed E-state index contributed by atoms with van der Waals surface area (Å²) in [6.45, 7) is 5.77. The maximum atomic E-state index is 14.5. The van der Waals surface area contributed by atoms with E-state index in [0.29, 0.717) is 18.0 Å². The maximum absolute atomic E-state index is 14.5. The average Bonchev–Trinajstić information content (AvgIpc) is 3.47. The third-order valence-corrected chi connectivity index (χ3v) is 5.04. The Kier molecular flexibility index (Phi) is 5.79. The summed E-state index contributed by atoms with van der Waals surface area (Å²) in [6.07, 6.45) is 4.67. The summed E-state index contributed by atoms with van der Waals surface area (Å²) in [5.74, 6) is -0.677. The number of anilines is 3. The van der Waals surface area contributed by atoms with Gasteiger partial charge in [0.1, 0.15) is 5.82 Å². The molecule has 8 heteroatoms. The predicted molar refractivity (Wildman–Crippen MR) is 108 cm³/mol. The topological polar surface area (TPSA) is 119 Å². The molecular weight excluding hydrogens is 359 g/mol. The standard InChI is InChI=1S/C20H27FN6O/c1-4-17(10(2)22)26-20-16(21)8-15(18(23)28)19(27-20)25-13-7-14(12-5-6-12)11(3)24-9-13/h7-10,12,17H,4-6,22H2,1-3H3,(H2,23,28)(H2,25,26,27)/t10-,17+/m0/s1. The van der Waals surface area contributed by atoms with Crippen LogP contribution in [0.2, 0.25) is 0 Å². The summed E-state index contributed by atoms with van der Waals surface area (Å²) in [7, 11) is 0. The van der Waals surface area contributed by atoms with E-state index in [2.05, 4.69) is 20.6 Å². The summed E-state index contributed by atoms with van der Waals surface area (Å²) >= 11 is 0. The summed E-state index contributed by atoms with van der Waals surface area (Å²) < 4.78 is 14.5. The van der Waals surface area contributed by atoms with Crippen molar-refractivity contribution in [3.05, 3.63) is 41.0 Å². The second-order valence-electron chi connectivity index (χ2n) is 7.40. The molecule has 2 aromatic heterocycles. The molecule has 0 radical (unpaired) electrons. The van der Waals surface area contributed by atoms with Crippen molar-refractivity contribution in [1.29, 1.82) is 0 Å². The van der Waals surface area contributed by atoms with Crippen LogP contribution >= 0.6 is 0 Å². The van der Waals surface area contributed by atoms with Gasteiger partial charge in [0.2, 0.25) is 0 Å². The number of hydrogen-bond acceptors (Lipinski definition) is 6. The van der Waals surface area contributed by atoms with E-state index < -0.39 is 11.7 Å². The lowest BCUT2D eigenvalue weighted by Crippen LogP contribution is -2.38. The Morgan fingerprint density at radius 1 is 1.36 bits per heavy atom. The van der Waals surface area contributed by atoms with Crippen molar-refractivity contribution in [1.82, 2.24) is 9.97 Å². The van der Waals surface area contributed by atoms with Crippen LogP contribution in [0, 0.1) is 12.7 Å². The first-order valence-corrected chi connectivity index (χ1v) is 9.56. The van der Waals surface area contributed by atoms with Crippen LogP contribution in [0.5, 0.6) is 0 Å². The number of carbonyl (C=O) groups excluding carboxylic acids is 1. The van der Waals surface area contributed by atoms with E-state index in [1.807, 2.05) is 26.8 Å². The number of hydrogen-bond donors (Lipinski definition) is 4. The molecule has 1 aliphatic carbocycles. The molecule has 2 heterocycles. The van der Waals surface area contributed by atoms with Gasteiger partial charge in [0.25, 0.3) is 5.91 Å². The highest BCUT2D eigenvalue weighted by atomic mass is 19.1. The zero-order valence-corrected chi connectivity index (χ0v) is 16.4. The SMILES string of the molecule is CC[C@@H](Nc1nc(Nc2cnc(C)c(C3CC3)c2)c(C(N)=O)cc1F)[C@H](C)N. The lowest BCUT2D eigenvalue weighted by Gasteiger charge is -2.22. The monoisotopic (exact) mass is 386 g/mol. The molecule has 6 N–H and O–H groups in total. The van der Waals surface area contributed by atoms with E-state index in [9.17, 15) is 9.18 Å². The zero-order valence-electron chi connectivity index (χ0n) is 16.4. The Hall–Kier alpha value is -2.74. The molecule has 2 aromatic rings. The number of nitrogens with one attached hydrogen (secondary N) is 2. The summed E-state index contributed by atoms with van der Waals surface area (Å²) in [6, 6.07) is 2.74. The van der Waals surface area contributed by atoms with Gasteiger partial charge in [0.05, 0.1) is 17.4 Å². The van der Waals surface area contributed by atoms with Crippen molar-refractivity contribution in [2.45, 2.75) is 58.0 Å². The molecule has 0 saturated heterocycles. The molecule has 7 nitrogen and oxygen atoms in total. The van der Waals surface area contributed by atoms with Gasteiger partial charge in [-0.15, -0.1) is 0 Å². The fourth-order valence-electron chi connectivity index (χ4n) is 3.22. The van der Waals surface area contributed by atoms with Gasteiger partial charge in [-0.2, -0.15) is 0 Å². The number of nitrogens with zero attached hydrogens (tertiary/aromatic N) is 2. The molecule has 1 saturated carbocycles. The highest BCUT2D eigenvalue weighted by Gasteiger charge is 2.26. The quantitative estimate of drug-likeness (QED) is 0.553. The smallest absolute Gasteiger partial charge is 0.252 e. The molecule has 1 fully saturated rings. The highest BCUT2D eigenvalue weighted by molar-refractivity contribution is 5.98. The molecule has 150 valence electrons. The van der Waals surface area contributed by atoms with Crippen molar-refractivity contribution in [2.75, 3.05) is 10.6 Å². The number of aromatic nitrogens is 2. The Balaban J connectivity index is 1.95. The van der Waals surface area contributed by atoms with E-state index in [1.54, 1.807) is 6.20 Å². The molecular formula is C20H27FN6O. The van der Waals surface area contributed by atoms with Crippen LogP contribution in [0.4, 0.5) is 21.7 Å². The van der Waals surface area contributed by atoms with Crippen molar-refractivity contribution < 1.29 is 9.18 Å². The predicted octanol–water partition coefficient (Wildman–Crippen LogP) is 3.18. The normalized spacial score (nSPS) is 15.8. The number of primary amides is 1. The average molecular weight is 386 g/mol. The molecule has 1 amide bonds. The van der Waals surface area contributed by atoms with Crippen molar-refractivity contribution >= 4 is 23.2 Å². The van der Waals surface area contributed by atoms with Gasteiger partial charge < -0.3 is 22.1 Å². The molecule has 0 spiro atoms. The first kappa shape index (κ1) is 20.0. The largest absolute Gasteiger partial charge is 0.365 e. The minimum atomic E-state index is -0.762. The molecule has 0 aromatic carbocycles. The number of nitrogens with two attached hydrogens (primary N) is 2. The number of aryl methyl sites for hydroxylation is 1. The van der Waals surface area contributed by atoms with Gasteiger partial charge in [0.15, 0.2) is 11.6 Å². The van der Waals surface area contributed by atoms with Crippen LogP contribution in [0.25, 0.3) is 0 Å². The van der Waals surface area contributed by atoms with Crippen LogP contribution in [-0.4, -0.2) is 28.0 Å². The lowest BCUT2D eigenvalue weighted by atomic mass is 10.1. The maximum Gasteiger partial charge on any atom is 0.252 e. The van der Waals surface area contributed by atoms with Crippen molar-refractivity contribution in [3.8, 4) is 0 Å². The number of pyridine rings is 2. The Labute approximate surface area is 164 Å². The minimum Gasteiger partial charge on any atom is -0.365 e. The van der Waals surface area contributed by atoms with E-state index in [4.69, 9.17) is 11.5 Å². The summed E-state index contributed by atoms with van der Waals surface area (Å²) in [5.41, 5.74) is 14.2. The molecule has 0 bridgehead atoms. The van der Waals surface area contributed by atoms with E-state index in [-0.39, 0.29) is 29.3 Å². The second-order valence-corrected chi connectivity index (χ2v) is 7.40. The van der Waals surface area contributed by atoms with E-state index in [1.165, 1.54) is 5.56 Å². The minimum absolute atomic E-state index is 0.0227. The molecule has 3 rings (SSSR count). The van der Waals surface area contributed by atoms with E-state index >= 15 is 0 Å². The lowest BCUT2D eigenvalue weighted by molar-refractivity contribution is 0.100. The van der Waals surface area contributed by atoms with Crippen molar-refractivity contribution in [3.63, 3.8) is 0 Å². The number of amides is 1. The molecule has 0 unspecified atom stereocenters. The van der Waals surface area contributed by atoms with Gasteiger partial charge in [-0.05, 0) is 56.7 Å². The second kappa shape index (κ2) is 8.10. The fourth-order valence-corrected chi connectivity index (χ4v) is 3.22. The first-order chi connectivity index (χ1) is 13.3. The van der Waals surface area contributed by atoms with Crippen LogP contribution in [0.15, 0.2) is 18.3 Å². The van der Waals surface area contributed by atoms with Gasteiger partial charge in [-0.3, -0.25) is 9.78 Å². The summed E-state index contributed by atoms with van der Waals surface area (Å²) in [4.78, 5) is 20.5. The highest BCUT2D eigenvalue weighted by Crippen LogP contribution is 2.42. The van der Waals surface area contributed by atoms with Crippen LogP contribution < -0.4 is 22.1 Å². The third-order valence-electron chi connectivity index (χ3n) is 5.04. The van der Waals surface area contributed by atoms with Gasteiger partial charge in [-0.1, -0.05) is 6.92 Å². The number of carbonyl (C=O) groups is 1. The Morgan fingerprint density at radius 2 is 2.07 bits per heavy atom. The van der Waals surface area contributed by atoms with Crippen LogP contribution in [-0.2, 0) is 0 Å². The van der Waals surface area contributed by atoms with Gasteiger partial charge >= 0.3 is 0 Å². The first-order valence-electron chi connectivity index (χ1n) is 9.56. The molecule has 0 aliphatic heterocycles. The van der Waals surface area contributed by atoms with Crippen LogP contribution in [0.3, 0.4) is 0 Å². The summed E-state index contributed by atoms with van der Waals surface area (Å²) in [5, 5.41) is 6.10. The van der Waals surface area contributed by atoms with Crippen LogP contribution in [0.1, 0.15) is 60.6 Å².